The fourth-order valence-corrected chi connectivity index (χ4v) is 8.65. The summed E-state index contributed by atoms with van der Waals surface area (Å²) < 4.78 is 212. The topological polar surface area (TPSA) is 142 Å². The number of esters is 4. The molecule has 0 aromatic rings. The van der Waals surface area contributed by atoms with E-state index in [1.807, 2.05) is 0 Å². The quantitative estimate of drug-likeness (QED) is 0.131. The summed E-state index contributed by atoms with van der Waals surface area (Å²) in [4.78, 5) is 52.1. The van der Waals surface area contributed by atoms with E-state index in [0.29, 0.717) is 0 Å². The molecular formula is C40H52F12O12. The third-order valence-electron chi connectivity index (χ3n) is 12.7. The Morgan fingerprint density at radius 1 is 0.328 bits per heavy atom. The van der Waals surface area contributed by atoms with Gasteiger partial charge in [-0.15, -0.1) is 0 Å². The molecule has 5 rings (SSSR count). The van der Waals surface area contributed by atoms with E-state index in [9.17, 15) is 71.9 Å². The van der Waals surface area contributed by atoms with Crippen molar-refractivity contribution >= 4 is 23.9 Å². The minimum Gasteiger partial charge on any atom is -0.452 e. The predicted octanol–water partition coefficient (Wildman–Crippen LogP) is 8.19. The van der Waals surface area contributed by atoms with Crippen LogP contribution in [0.5, 0.6) is 0 Å². The summed E-state index contributed by atoms with van der Waals surface area (Å²) in [5.74, 6) is -11.3. The first-order valence-corrected chi connectivity index (χ1v) is 21.2. The van der Waals surface area contributed by atoms with Gasteiger partial charge in [0.25, 0.3) is 0 Å². The number of halogens is 12. The highest BCUT2D eigenvalue weighted by atomic mass is 19.4. The highest BCUT2D eigenvalue weighted by Gasteiger charge is 2.52. The summed E-state index contributed by atoms with van der Waals surface area (Å²) in [7, 11) is 0. The van der Waals surface area contributed by atoms with Gasteiger partial charge >= 0.3 is 48.6 Å². The molecule has 5 aliphatic rings. The molecular weight excluding hydrogens is 900 g/mol. The minimum atomic E-state index is -5.15. The van der Waals surface area contributed by atoms with Crippen LogP contribution in [0.1, 0.15) is 105 Å². The second-order valence-corrected chi connectivity index (χ2v) is 17.5. The summed E-state index contributed by atoms with van der Waals surface area (Å²) in [5, 5.41) is 0. The molecule has 368 valence electrons. The zero-order valence-corrected chi connectivity index (χ0v) is 35.2. The zero-order chi connectivity index (χ0) is 47.7. The molecule has 8 bridgehead atoms. The maximum absolute atomic E-state index is 14.2. The van der Waals surface area contributed by atoms with Crippen molar-refractivity contribution < 1.29 is 110 Å². The molecule has 0 spiro atoms. The molecule has 5 fully saturated rings. The van der Waals surface area contributed by atoms with Gasteiger partial charge in [-0.2, -0.15) is 52.7 Å². The Morgan fingerprint density at radius 3 is 0.656 bits per heavy atom. The lowest BCUT2D eigenvalue weighted by molar-refractivity contribution is -0.236. The Labute approximate surface area is 359 Å². The Morgan fingerprint density at radius 2 is 0.500 bits per heavy atom. The average Bonchev–Trinajstić information content (AvgIpc) is 4.02. The van der Waals surface area contributed by atoms with Crippen LogP contribution in [0, 0.1) is 23.7 Å². The minimum absolute atomic E-state index is 0.0954. The molecule has 0 saturated carbocycles. The Balaban J connectivity index is 1.35. The number of carbonyl (C=O) groups excluding carboxylic acids is 4. The molecule has 0 aromatic carbocycles. The number of alkyl halides is 12. The van der Waals surface area contributed by atoms with E-state index in [2.05, 4.69) is 0 Å². The fraction of sp³-hybridized carbons (Fsp3) is 0.900. The monoisotopic (exact) mass is 952 g/mol. The third-order valence-corrected chi connectivity index (χ3v) is 12.7. The Bertz CT molecular complexity index is 1390. The second kappa shape index (κ2) is 20.4. The number of fused-ring (bicyclic) bond motifs is 8. The Hall–Kier alpha value is -3.12. The van der Waals surface area contributed by atoms with Crippen LogP contribution < -0.4 is 0 Å². The van der Waals surface area contributed by atoms with Crippen molar-refractivity contribution in [2.75, 3.05) is 0 Å². The molecule has 0 aromatic heterocycles. The van der Waals surface area contributed by atoms with Crippen LogP contribution in [0.25, 0.3) is 0 Å². The van der Waals surface area contributed by atoms with Gasteiger partial charge in [0.15, 0.2) is 24.4 Å². The van der Waals surface area contributed by atoms with Crippen molar-refractivity contribution in [3.8, 4) is 0 Å². The lowest BCUT2D eigenvalue weighted by Crippen LogP contribution is -2.42. The van der Waals surface area contributed by atoms with Crippen LogP contribution in [0.4, 0.5) is 52.7 Å². The lowest BCUT2D eigenvalue weighted by atomic mass is 9.99. The van der Waals surface area contributed by atoms with Crippen molar-refractivity contribution in [3.05, 3.63) is 0 Å². The molecule has 16 atom stereocenters. The normalized spacial score (nSPS) is 40.1. The predicted molar refractivity (Wildman–Crippen MR) is 190 cm³/mol. The maximum atomic E-state index is 14.2. The second-order valence-electron chi connectivity index (χ2n) is 17.5. The van der Waals surface area contributed by atoms with Crippen molar-refractivity contribution in [1.29, 1.82) is 0 Å². The molecule has 0 aliphatic carbocycles. The van der Waals surface area contributed by atoms with Gasteiger partial charge < -0.3 is 37.9 Å². The highest BCUT2D eigenvalue weighted by molar-refractivity contribution is 5.74. The number of cyclic esters (lactones) is 4. The van der Waals surface area contributed by atoms with E-state index in [0.717, 1.165) is 27.7 Å². The van der Waals surface area contributed by atoms with Gasteiger partial charge in [0.2, 0.25) is 0 Å². The molecule has 5 heterocycles. The van der Waals surface area contributed by atoms with Gasteiger partial charge in [0, 0.05) is 25.7 Å². The highest BCUT2D eigenvalue weighted by Crippen LogP contribution is 2.40. The number of hydrogen-bond donors (Lipinski definition) is 0. The Kier molecular flexibility index (Phi) is 16.5. The van der Waals surface area contributed by atoms with E-state index in [-0.39, 0.29) is 51.4 Å². The standard InChI is InChI=1S/C40H52F12O12/c1-17-25-9-5-21(57-25)13-30(38(44,45)46)62-34(54)19(3)27-11-7-23(59-27)15-32(40(50,51)52)64-36(56)20(4)28-12-8-24(60-28)16-31(39(47,48)49)63-35(55)18(2)26-10-6-22(58-26)14-29(37(41,42)43)61-33(17)53/h17-32H,5-16H2,1-4H3/t17-,18+,19+,20-,21+,22-,23-,24+,25-,26+,27+,28-,29+,30-,31-,32+. The number of ether oxygens (including phenoxy) is 8. The van der Waals surface area contributed by atoms with Crippen LogP contribution in [0.2, 0.25) is 0 Å². The van der Waals surface area contributed by atoms with Gasteiger partial charge in [-0.05, 0) is 79.1 Å². The van der Waals surface area contributed by atoms with E-state index < -0.39 is 171 Å². The van der Waals surface area contributed by atoms with Gasteiger partial charge in [-0.25, -0.2) is 0 Å². The van der Waals surface area contributed by atoms with Gasteiger partial charge in [-0.3, -0.25) is 19.2 Å². The van der Waals surface area contributed by atoms with Crippen molar-refractivity contribution in [3.63, 3.8) is 0 Å². The number of carbonyl (C=O) groups is 4. The van der Waals surface area contributed by atoms with Crippen molar-refractivity contribution in [2.24, 2.45) is 23.7 Å². The summed E-state index contributed by atoms with van der Waals surface area (Å²) in [6.45, 7) is 4.59. The largest absolute Gasteiger partial charge is 0.452 e. The molecule has 24 heteroatoms. The lowest BCUT2D eigenvalue weighted by Gasteiger charge is -2.29. The summed E-state index contributed by atoms with van der Waals surface area (Å²) in [5.41, 5.74) is 0. The summed E-state index contributed by atoms with van der Waals surface area (Å²) >= 11 is 0. The SMILES string of the molecule is C[C@@H]1C(=O)O[C@@H](C(F)(F)F)C[C@@H]2CC[C@@H](O2)[C@@H](C)C(=O)O[C@H](C(F)(F)F)C[C@H]2CC[C@H](O2)[C@H](C)C(=O)O[C@@H](C(F)(F)F)C[C@@H]2CC[C@@H](O2)[C@@H](C)C(=O)O[C@H](C(F)(F)F)C[C@H]2CC[C@@H]1O2. The molecule has 0 radical (unpaired) electrons. The first-order chi connectivity index (χ1) is 29.5. The first kappa shape index (κ1) is 51.9. The molecule has 12 nitrogen and oxygen atoms in total. The smallest absolute Gasteiger partial charge is 0.425 e. The molecule has 0 N–H and O–H groups in total. The van der Waals surface area contributed by atoms with E-state index in [4.69, 9.17) is 37.9 Å². The van der Waals surface area contributed by atoms with Crippen LogP contribution in [0.3, 0.4) is 0 Å². The molecule has 64 heavy (non-hydrogen) atoms. The van der Waals surface area contributed by atoms with Gasteiger partial charge in [-0.1, -0.05) is 0 Å². The summed E-state index contributed by atoms with van der Waals surface area (Å²) in [6, 6.07) is 0. The van der Waals surface area contributed by atoms with Crippen LogP contribution in [-0.4, -0.2) is 122 Å². The maximum Gasteiger partial charge on any atom is 0.425 e. The van der Waals surface area contributed by atoms with Crippen LogP contribution >= 0.6 is 0 Å². The van der Waals surface area contributed by atoms with Crippen molar-refractivity contribution in [1.82, 2.24) is 0 Å². The fourth-order valence-electron chi connectivity index (χ4n) is 8.65. The van der Waals surface area contributed by atoms with Gasteiger partial charge in [0.05, 0.1) is 72.5 Å². The van der Waals surface area contributed by atoms with E-state index >= 15 is 0 Å². The number of hydrogen-bond acceptors (Lipinski definition) is 12. The first-order valence-electron chi connectivity index (χ1n) is 21.2. The number of rotatable bonds is 0. The zero-order valence-electron chi connectivity index (χ0n) is 35.2. The molecule has 0 amide bonds. The van der Waals surface area contributed by atoms with Crippen LogP contribution in [-0.2, 0) is 57.1 Å². The molecule has 0 unspecified atom stereocenters. The van der Waals surface area contributed by atoms with E-state index in [1.165, 1.54) is 0 Å². The van der Waals surface area contributed by atoms with Crippen LogP contribution in [0.15, 0.2) is 0 Å². The summed E-state index contributed by atoms with van der Waals surface area (Å²) in [6.07, 6.45) is -46.3. The average molecular weight is 953 g/mol. The van der Waals surface area contributed by atoms with E-state index in [1.54, 1.807) is 0 Å². The molecule has 5 saturated heterocycles. The van der Waals surface area contributed by atoms with Crippen molar-refractivity contribution in [2.45, 2.75) is 203 Å². The molecule has 5 aliphatic heterocycles. The third kappa shape index (κ3) is 13.5. The van der Waals surface area contributed by atoms with Gasteiger partial charge in [0.1, 0.15) is 0 Å².